The first-order valence-corrected chi connectivity index (χ1v) is 10.6. The Morgan fingerprint density at radius 1 is 1.15 bits per heavy atom. The summed E-state index contributed by atoms with van der Waals surface area (Å²) in [6, 6.07) is 10.2. The largest absolute Gasteiger partial charge is 1.00 e. The van der Waals surface area contributed by atoms with E-state index >= 15 is 0 Å². The molecule has 9 nitrogen and oxygen atoms in total. The molecule has 0 radical (unpaired) electrons. The molecule has 134 valence electrons. The molecule has 0 saturated carbocycles. The maximum absolute atomic E-state index is 12.1. The monoisotopic (exact) mass is 472 g/mol. The zero-order valence-electron chi connectivity index (χ0n) is 13.4. The van der Waals surface area contributed by atoms with Gasteiger partial charge in [-0.2, -0.15) is 0 Å². The SMILES string of the molecule is O=[N+]([O-])c1ccc(OP(=O)([O-])CNS(=O)(=O)c2ccccc2Br)cc1.[Na+]. The van der Waals surface area contributed by atoms with E-state index in [-0.39, 0.29) is 50.4 Å². The smallest absolute Gasteiger partial charge is 0.768 e. The van der Waals surface area contributed by atoms with Gasteiger partial charge in [0.15, 0.2) is 7.60 Å². The topological polar surface area (TPSA) is 139 Å². The summed E-state index contributed by atoms with van der Waals surface area (Å²) < 4.78 is 43.1. The van der Waals surface area contributed by atoms with Crippen LogP contribution in [0.5, 0.6) is 5.75 Å². The molecule has 0 saturated heterocycles. The summed E-state index contributed by atoms with van der Waals surface area (Å²) in [5.74, 6) is -0.163. The Bertz CT molecular complexity index is 940. The number of nitro benzene ring substituents is 1. The van der Waals surface area contributed by atoms with E-state index in [2.05, 4.69) is 15.9 Å². The summed E-state index contributed by atoms with van der Waals surface area (Å²) in [6.45, 7) is 0. The van der Waals surface area contributed by atoms with E-state index in [0.29, 0.717) is 0 Å². The molecule has 13 heteroatoms. The molecule has 0 aromatic heterocycles. The first-order valence-electron chi connectivity index (χ1n) is 6.59. The number of rotatable bonds is 7. The molecular formula is C13H11BrN2NaO7PS. The van der Waals surface area contributed by atoms with Gasteiger partial charge in [0.1, 0.15) is 5.75 Å². The van der Waals surface area contributed by atoms with Gasteiger partial charge in [-0.3, -0.25) is 14.7 Å². The summed E-state index contributed by atoms with van der Waals surface area (Å²) in [7, 11) is -8.68. The molecule has 2 aromatic rings. The van der Waals surface area contributed by atoms with Crippen LogP contribution in [0.15, 0.2) is 57.9 Å². The van der Waals surface area contributed by atoms with E-state index < -0.39 is 28.8 Å². The Hall–Kier alpha value is -0.780. The van der Waals surface area contributed by atoms with Gasteiger partial charge in [0.25, 0.3) is 5.69 Å². The van der Waals surface area contributed by atoms with Crippen LogP contribution in [0.2, 0.25) is 0 Å². The Balaban J connectivity index is 0.00000338. The third-order valence-electron chi connectivity index (χ3n) is 2.87. The van der Waals surface area contributed by atoms with Gasteiger partial charge in [-0.15, -0.1) is 0 Å². The fraction of sp³-hybridized carbons (Fsp3) is 0.0769. The predicted molar refractivity (Wildman–Crippen MR) is 90.7 cm³/mol. The zero-order valence-corrected chi connectivity index (χ0v) is 18.7. The zero-order chi connectivity index (χ0) is 18.7. The van der Waals surface area contributed by atoms with Gasteiger partial charge in [-0.05, 0) is 40.2 Å². The molecule has 0 aliphatic heterocycles. The van der Waals surface area contributed by atoms with Crippen molar-refractivity contribution in [3.05, 3.63) is 63.1 Å². The molecule has 0 aliphatic carbocycles. The van der Waals surface area contributed by atoms with Crippen LogP contribution in [0.4, 0.5) is 5.69 Å². The molecular weight excluding hydrogens is 462 g/mol. The van der Waals surface area contributed by atoms with Crippen LogP contribution in [0.1, 0.15) is 0 Å². The fourth-order valence-electron chi connectivity index (χ4n) is 1.73. The van der Waals surface area contributed by atoms with Gasteiger partial charge < -0.3 is 9.42 Å². The van der Waals surface area contributed by atoms with Gasteiger partial charge >= 0.3 is 29.6 Å². The van der Waals surface area contributed by atoms with Gasteiger partial charge in [-0.25, -0.2) is 13.1 Å². The van der Waals surface area contributed by atoms with E-state index in [0.717, 1.165) is 24.3 Å². The molecule has 2 aromatic carbocycles. The first kappa shape index (κ1) is 23.3. The van der Waals surface area contributed by atoms with Crippen molar-refractivity contribution in [2.24, 2.45) is 0 Å². The number of hydrogen-bond acceptors (Lipinski definition) is 7. The van der Waals surface area contributed by atoms with Crippen LogP contribution in [0.3, 0.4) is 0 Å². The average molecular weight is 473 g/mol. The van der Waals surface area contributed by atoms with Crippen molar-refractivity contribution in [1.29, 1.82) is 0 Å². The van der Waals surface area contributed by atoms with Crippen molar-refractivity contribution in [2.75, 3.05) is 6.29 Å². The maximum Gasteiger partial charge on any atom is 1.00 e. The van der Waals surface area contributed by atoms with Gasteiger partial charge in [0, 0.05) is 16.6 Å². The van der Waals surface area contributed by atoms with Crippen molar-refractivity contribution in [1.82, 2.24) is 4.72 Å². The third-order valence-corrected chi connectivity index (χ3v) is 6.53. The molecule has 1 atom stereocenters. The van der Waals surface area contributed by atoms with Crippen molar-refractivity contribution in [2.45, 2.75) is 4.90 Å². The second-order valence-corrected chi connectivity index (χ2v) is 9.00. The number of nitrogens with one attached hydrogen (secondary N) is 1. The Morgan fingerprint density at radius 2 is 1.73 bits per heavy atom. The van der Waals surface area contributed by atoms with Crippen LogP contribution < -0.4 is 43.7 Å². The molecule has 0 amide bonds. The van der Waals surface area contributed by atoms with E-state index in [1.54, 1.807) is 6.07 Å². The van der Waals surface area contributed by atoms with Gasteiger partial charge in [0.05, 0.1) is 16.1 Å². The molecule has 1 N–H and O–H groups in total. The number of benzene rings is 2. The van der Waals surface area contributed by atoms with Crippen molar-refractivity contribution in [3.8, 4) is 5.75 Å². The third kappa shape index (κ3) is 6.43. The van der Waals surface area contributed by atoms with Crippen LogP contribution in [0.25, 0.3) is 0 Å². The Kier molecular flexibility index (Phi) is 8.43. The normalized spacial score (nSPS) is 13.3. The number of nitro groups is 1. The average Bonchev–Trinajstić information content (AvgIpc) is 2.54. The molecule has 0 aliphatic rings. The summed E-state index contributed by atoms with van der Waals surface area (Å²) in [5, 5.41) is 10.5. The maximum atomic E-state index is 12.1. The molecule has 0 spiro atoms. The molecule has 0 fully saturated rings. The number of sulfonamides is 1. The van der Waals surface area contributed by atoms with Gasteiger partial charge in [0.2, 0.25) is 10.0 Å². The standard InChI is InChI=1S/C13H12BrN2O7PS.Na/c14-12-3-1-2-4-13(12)25(21,22)15-9-24(19,20)23-11-7-5-10(6-8-11)16(17)18;/h1-8,15H,9H2,(H,19,20);/q;+1/p-1. The van der Waals surface area contributed by atoms with Crippen LogP contribution in [0, 0.1) is 10.1 Å². The van der Waals surface area contributed by atoms with Gasteiger partial charge in [-0.1, -0.05) is 12.1 Å². The number of halogens is 1. The Labute approximate surface area is 179 Å². The molecule has 2 rings (SSSR count). The van der Waals surface area contributed by atoms with Crippen LogP contribution in [-0.4, -0.2) is 19.6 Å². The van der Waals surface area contributed by atoms with E-state index in [1.165, 1.54) is 18.2 Å². The molecule has 26 heavy (non-hydrogen) atoms. The number of nitrogens with zero attached hydrogens (tertiary/aromatic N) is 1. The second-order valence-electron chi connectivity index (χ2n) is 4.69. The van der Waals surface area contributed by atoms with E-state index in [4.69, 9.17) is 4.52 Å². The molecule has 0 heterocycles. The minimum absolute atomic E-state index is 0. The molecule has 0 bridgehead atoms. The fourth-order valence-corrected chi connectivity index (χ4v) is 5.21. The predicted octanol–water partition coefficient (Wildman–Crippen LogP) is -0.770. The van der Waals surface area contributed by atoms with E-state index in [1.807, 2.05) is 4.72 Å². The minimum Gasteiger partial charge on any atom is -0.768 e. The quantitative estimate of drug-likeness (QED) is 0.241. The van der Waals surface area contributed by atoms with Crippen molar-refractivity contribution in [3.63, 3.8) is 0 Å². The number of hydrogen-bond donors (Lipinski definition) is 1. The van der Waals surface area contributed by atoms with Crippen LogP contribution >= 0.6 is 23.5 Å². The number of non-ortho nitro benzene ring substituents is 1. The van der Waals surface area contributed by atoms with Crippen molar-refractivity contribution < 1.29 is 56.9 Å². The van der Waals surface area contributed by atoms with Crippen molar-refractivity contribution >= 4 is 39.2 Å². The Morgan fingerprint density at radius 3 is 2.27 bits per heavy atom. The summed E-state index contributed by atoms with van der Waals surface area (Å²) in [5.41, 5.74) is -0.234. The second kappa shape index (κ2) is 9.43. The molecule has 1 unspecified atom stereocenters. The summed E-state index contributed by atoms with van der Waals surface area (Å²) in [4.78, 5) is 21.7. The van der Waals surface area contributed by atoms with Crippen LogP contribution in [-0.2, 0) is 14.6 Å². The minimum atomic E-state index is -4.61. The first-order chi connectivity index (χ1) is 11.6. The van der Waals surface area contributed by atoms with E-state index in [9.17, 15) is 28.0 Å². The summed E-state index contributed by atoms with van der Waals surface area (Å²) >= 11 is 3.07. The summed E-state index contributed by atoms with van der Waals surface area (Å²) in [6.07, 6.45) is -0.979.